The fourth-order valence-electron chi connectivity index (χ4n) is 4.31. The second-order valence-electron chi connectivity index (χ2n) is 8.49. The molecule has 1 saturated heterocycles. The summed E-state index contributed by atoms with van der Waals surface area (Å²) in [7, 11) is 0. The lowest BCUT2D eigenvalue weighted by Gasteiger charge is -2.39. The van der Waals surface area contributed by atoms with Crippen LogP contribution in [0.15, 0.2) is 53.5 Å². The summed E-state index contributed by atoms with van der Waals surface area (Å²) in [5.41, 5.74) is -0.00672. The van der Waals surface area contributed by atoms with Gasteiger partial charge in [0, 0.05) is 44.0 Å². The summed E-state index contributed by atoms with van der Waals surface area (Å²) < 4.78 is 44.4. The Kier molecular flexibility index (Phi) is 7.32. The van der Waals surface area contributed by atoms with E-state index < -0.39 is 40.5 Å². The van der Waals surface area contributed by atoms with Crippen molar-refractivity contribution in [3.05, 3.63) is 69.8 Å². The summed E-state index contributed by atoms with van der Waals surface area (Å²) >= 11 is 0. The van der Waals surface area contributed by atoms with Gasteiger partial charge in [0.25, 0.3) is 5.69 Å². The number of benzene rings is 2. The van der Waals surface area contributed by atoms with E-state index >= 15 is 0 Å². The lowest BCUT2D eigenvalue weighted by atomic mass is 9.91. The van der Waals surface area contributed by atoms with Crippen molar-refractivity contribution in [2.75, 3.05) is 37.7 Å². The summed E-state index contributed by atoms with van der Waals surface area (Å²) in [5.74, 6) is -2.44. The van der Waals surface area contributed by atoms with Crippen LogP contribution in [-0.2, 0) is 20.5 Å². The third kappa shape index (κ3) is 5.65. The number of piperazine rings is 1. The van der Waals surface area contributed by atoms with E-state index in [9.17, 15) is 32.9 Å². The molecule has 2 aromatic carbocycles. The van der Waals surface area contributed by atoms with Crippen LogP contribution in [0, 0.1) is 16.0 Å². The summed E-state index contributed by atoms with van der Waals surface area (Å²) in [5, 5.41) is 13.7. The molecule has 1 amide bonds. The smallest absolute Gasteiger partial charge is 0.416 e. The number of rotatable bonds is 5. The highest BCUT2D eigenvalue weighted by Crippen LogP contribution is 2.33. The Morgan fingerprint density at radius 2 is 1.78 bits per heavy atom. The number of halogens is 3. The van der Waals surface area contributed by atoms with E-state index in [0.29, 0.717) is 37.4 Å². The number of aliphatic imine (C=N–C) groups is 1. The molecule has 0 bridgehead atoms. The van der Waals surface area contributed by atoms with E-state index in [-0.39, 0.29) is 18.3 Å². The van der Waals surface area contributed by atoms with Crippen LogP contribution < -0.4 is 10.2 Å². The minimum atomic E-state index is -4.44. The molecule has 4 rings (SSSR count). The monoisotopic (exact) mass is 519 g/mol. The number of ether oxygens (including phenoxy) is 1. The van der Waals surface area contributed by atoms with Crippen LogP contribution in [0.1, 0.15) is 24.1 Å². The van der Waals surface area contributed by atoms with Crippen LogP contribution in [0.5, 0.6) is 0 Å². The van der Waals surface area contributed by atoms with Gasteiger partial charge in [0.15, 0.2) is 5.92 Å². The molecule has 2 aromatic rings. The van der Waals surface area contributed by atoms with E-state index in [1.165, 1.54) is 30.3 Å². The van der Waals surface area contributed by atoms with Crippen LogP contribution >= 0.6 is 0 Å². The average Bonchev–Trinajstić information content (AvgIpc) is 2.88. The van der Waals surface area contributed by atoms with Crippen molar-refractivity contribution in [3.8, 4) is 0 Å². The Balaban J connectivity index is 1.55. The highest BCUT2D eigenvalue weighted by molar-refractivity contribution is 6.08. The molecule has 10 nitrogen and oxygen atoms in total. The van der Waals surface area contributed by atoms with E-state index in [1.807, 2.05) is 4.90 Å². The standard InChI is InChI=1S/C24H24F3N5O5/c1-2-37-22(34)19-20(15-6-8-17(9-7-15)32(35)36)28-23(29-21(19)33)31-12-10-30(11-13-31)18-5-3-4-16(14-18)24(25,26)27/h3-9,14,19-20H,2,10-13H2,1H3,(H,28,29,33). The maximum Gasteiger partial charge on any atom is 0.416 e. The zero-order valence-corrected chi connectivity index (χ0v) is 19.8. The van der Waals surface area contributed by atoms with Gasteiger partial charge in [-0.05, 0) is 30.7 Å². The van der Waals surface area contributed by atoms with Gasteiger partial charge in [0.2, 0.25) is 11.9 Å². The van der Waals surface area contributed by atoms with E-state index in [2.05, 4.69) is 10.3 Å². The quantitative estimate of drug-likeness (QED) is 0.279. The van der Waals surface area contributed by atoms with Gasteiger partial charge in [-0.3, -0.25) is 25.0 Å². The number of hydrogen-bond donors (Lipinski definition) is 1. The van der Waals surface area contributed by atoms with E-state index in [1.54, 1.807) is 17.9 Å². The number of carbonyl (C=O) groups is 2. The van der Waals surface area contributed by atoms with Crippen molar-refractivity contribution < 1.29 is 32.4 Å². The molecule has 0 saturated carbocycles. The molecule has 13 heteroatoms. The number of non-ortho nitro benzene ring substituents is 1. The van der Waals surface area contributed by atoms with Gasteiger partial charge < -0.3 is 14.5 Å². The normalized spacial score (nSPS) is 20.2. The molecule has 0 aliphatic carbocycles. The number of nitro groups is 1. The maximum absolute atomic E-state index is 13.1. The number of esters is 1. The molecular weight excluding hydrogens is 495 g/mol. The van der Waals surface area contributed by atoms with E-state index in [4.69, 9.17) is 4.74 Å². The number of hydrogen-bond acceptors (Lipinski definition) is 8. The number of anilines is 1. The second-order valence-corrected chi connectivity index (χ2v) is 8.49. The number of nitrogens with one attached hydrogen (secondary N) is 1. The number of alkyl halides is 3. The van der Waals surface area contributed by atoms with Gasteiger partial charge in [0.05, 0.1) is 17.1 Å². The third-order valence-corrected chi connectivity index (χ3v) is 6.20. The Morgan fingerprint density at radius 1 is 1.14 bits per heavy atom. The van der Waals surface area contributed by atoms with Crippen LogP contribution in [0.2, 0.25) is 0 Å². The molecule has 2 unspecified atom stereocenters. The number of nitrogens with zero attached hydrogens (tertiary/aromatic N) is 4. The molecule has 2 aliphatic heterocycles. The molecule has 2 aliphatic rings. The summed E-state index contributed by atoms with van der Waals surface area (Å²) in [6, 6.07) is 9.56. The molecule has 0 radical (unpaired) electrons. The van der Waals surface area contributed by atoms with Crippen molar-refractivity contribution in [1.29, 1.82) is 0 Å². The van der Waals surface area contributed by atoms with Crippen molar-refractivity contribution in [2.24, 2.45) is 10.9 Å². The van der Waals surface area contributed by atoms with Gasteiger partial charge in [-0.15, -0.1) is 0 Å². The van der Waals surface area contributed by atoms with Crippen LogP contribution in [-0.4, -0.2) is 60.4 Å². The zero-order chi connectivity index (χ0) is 26.7. The average molecular weight is 519 g/mol. The largest absolute Gasteiger partial charge is 0.465 e. The molecule has 37 heavy (non-hydrogen) atoms. The van der Waals surface area contributed by atoms with Gasteiger partial charge in [-0.1, -0.05) is 18.2 Å². The minimum Gasteiger partial charge on any atom is -0.465 e. The molecule has 1 fully saturated rings. The summed E-state index contributed by atoms with van der Waals surface area (Å²) in [4.78, 5) is 44.2. The van der Waals surface area contributed by atoms with Crippen LogP contribution in [0.3, 0.4) is 0 Å². The first-order chi connectivity index (χ1) is 17.6. The number of nitro benzene ring substituents is 1. The first-order valence-electron chi connectivity index (χ1n) is 11.5. The number of carbonyl (C=O) groups excluding carboxylic acids is 2. The van der Waals surface area contributed by atoms with Gasteiger partial charge >= 0.3 is 12.1 Å². The second kappa shape index (κ2) is 10.4. The van der Waals surface area contributed by atoms with Crippen molar-refractivity contribution in [1.82, 2.24) is 10.2 Å². The first-order valence-corrected chi connectivity index (χ1v) is 11.5. The summed E-state index contributed by atoms with van der Waals surface area (Å²) in [6.07, 6.45) is -4.44. The molecule has 2 heterocycles. The fourth-order valence-corrected chi connectivity index (χ4v) is 4.31. The molecular formula is C24H24F3N5O5. The van der Waals surface area contributed by atoms with Gasteiger partial charge in [-0.2, -0.15) is 13.2 Å². The Morgan fingerprint density at radius 3 is 2.38 bits per heavy atom. The molecule has 2 atom stereocenters. The highest BCUT2D eigenvalue weighted by Gasteiger charge is 2.42. The van der Waals surface area contributed by atoms with Crippen LogP contribution in [0.25, 0.3) is 0 Å². The molecule has 196 valence electrons. The third-order valence-electron chi connectivity index (χ3n) is 6.20. The molecule has 1 N–H and O–H groups in total. The lowest BCUT2D eigenvalue weighted by molar-refractivity contribution is -0.384. The lowest BCUT2D eigenvalue weighted by Crippen LogP contribution is -2.57. The predicted molar refractivity (Wildman–Crippen MR) is 127 cm³/mol. The number of guanidine groups is 1. The molecule has 0 aromatic heterocycles. The highest BCUT2D eigenvalue weighted by atomic mass is 19.4. The van der Waals surface area contributed by atoms with Crippen molar-refractivity contribution in [2.45, 2.75) is 19.1 Å². The van der Waals surface area contributed by atoms with E-state index in [0.717, 1.165) is 12.1 Å². The fraction of sp³-hybridized carbons (Fsp3) is 0.375. The topological polar surface area (TPSA) is 117 Å². The zero-order valence-electron chi connectivity index (χ0n) is 19.8. The molecule has 0 spiro atoms. The predicted octanol–water partition coefficient (Wildman–Crippen LogP) is 3.14. The first kappa shape index (κ1) is 25.9. The summed E-state index contributed by atoms with van der Waals surface area (Å²) in [6.45, 7) is 3.12. The Labute approximate surface area is 209 Å². The van der Waals surface area contributed by atoms with Gasteiger partial charge in [-0.25, -0.2) is 4.99 Å². The van der Waals surface area contributed by atoms with Gasteiger partial charge in [0.1, 0.15) is 6.04 Å². The Bertz CT molecular complexity index is 1210. The number of amides is 1. The van der Waals surface area contributed by atoms with Crippen LogP contribution in [0.4, 0.5) is 24.5 Å². The Hall–Kier alpha value is -4.16. The SMILES string of the molecule is CCOC(=O)C1C(=O)NC(N2CCN(c3cccc(C(F)(F)F)c3)CC2)=NC1c1ccc([N+](=O)[O-])cc1. The minimum absolute atomic E-state index is 0.0592. The maximum atomic E-state index is 13.1. The van der Waals surface area contributed by atoms with Crippen molar-refractivity contribution >= 4 is 29.2 Å². The van der Waals surface area contributed by atoms with Crippen molar-refractivity contribution in [3.63, 3.8) is 0 Å².